The molecule has 1 saturated heterocycles. The molecule has 2 fully saturated rings. The molecular formula is C19H27FN2O. The largest absolute Gasteiger partial charge is 0.348 e. The highest BCUT2D eigenvalue weighted by Crippen LogP contribution is 2.36. The summed E-state index contributed by atoms with van der Waals surface area (Å²) in [7, 11) is 0. The van der Waals surface area contributed by atoms with Crippen LogP contribution in [0.15, 0.2) is 24.3 Å². The number of amides is 1. The Morgan fingerprint density at radius 1 is 1.09 bits per heavy atom. The summed E-state index contributed by atoms with van der Waals surface area (Å²) in [6.45, 7) is 4.06. The molecule has 0 bridgehead atoms. The first-order valence-electron chi connectivity index (χ1n) is 8.93. The van der Waals surface area contributed by atoms with Crippen molar-refractivity contribution in [2.24, 2.45) is 0 Å². The molecule has 1 aliphatic heterocycles. The van der Waals surface area contributed by atoms with E-state index in [0.29, 0.717) is 0 Å². The highest BCUT2D eigenvalue weighted by atomic mass is 19.1. The van der Waals surface area contributed by atoms with Crippen LogP contribution in [0, 0.1) is 5.82 Å². The van der Waals surface area contributed by atoms with Crippen molar-refractivity contribution in [3.63, 3.8) is 0 Å². The molecule has 2 aliphatic rings. The third-order valence-electron chi connectivity index (χ3n) is 5.53. The van der Waals surface area contributed by atoms with Crippen molar-refractivity contribution in [2.75, 3.05) is 13.1 Å². The second-order valence-electron chi connectivity index (χ2n) is 7.03. The zero-order chi connectivity index (χ0) is 16.3. The Bertz CT molecular complexity index is 531. The van der Waals surface area contributed by atoms with Crippen molar-refractivity contribution in [1.82, 2.24) is 10.2 Å². The standard InChI is InChI=1S/C19H27FN2O/c1-15(16-7-9-17(20)10-8-16)21-18(23)19(11-3-2-4-12-19)22-13-5-6-14-22/h7-10,15H,2-6,11-14H2,1H3,(H,21,23). The van der Waals surface area contributed by atoms with Crippen LogP contribution in [0.3, 0.4) is 0 Å². The van der Waals surface area contributed by atoms with Crippen molar-refractivity contribution in [2.45, 2.75) is 63.5 Å². The zero-order valence-corrected chi connectivity index (χ0v) is 14.0. The van der Waals surface area contributed by atoms with Crippen LogP contribution in [0.4, 0.5) is 4.39 Å². The highest BCUT2D eigenvalue weighted by molar-refractivity contribution is 5.86. The topological polar surface area (TPSA) is 32.3 Å². The molecule has 4 heteroatoms. The molecule has 3 rings (SSSR count). The second kappa shape index (κ2) is 7.00. The Balaban J connectivity index is 1.74. The number of carbonyl (C=O) groups excluding carboxylic acids is 1. The van der Waals surface area contributed by atoms with Crippen LogP contribution < -0.4 is 5.32 Å². The average Bonchev–Trinajstić information content (AvgIpc) is 3.11. The van der Waals surface area contributed by atoms with E-state index in [1.807, 2.05) is 6.92 Å². The lowest BCUT2D eigenvalue weighted by Gasteiger charge is -2.43. The zero-order valence-electron chi connectivity index (χ0n) is 14.0. The number of carbonyl (C=O) groups is 1. The van der Waals surface area contributed by atoms with Crippen molar-refractivity contribution in [1.29, 1.82) is 0 Å². The third kappa shape index (κ3) is 3.42. The number of halogens is 1. The molecule has 23 heavy (non-hydrogen) atoms. The quantitative estimate of drug-likeness (QED) is 0.916. The monoisotopic (exact) mass is 318 g/mol. The summed E-state index contributed by atoms with van der Waals surface area (Å²) in [6.07, 6.45) is 7.83. The smallest absolute Gasteiger partial charge is 0.240 e. The number of hydrogen-bond donors (Lipinski definition) is 1. The van der Waals surface area contributed by atoms with Gasteiger partial charge in [0, 0.05) is 0 Å². The van der Waals surface area contributed by atoms with E-state index in [4.69, 9.17) is 0 Å². The first-order chi connectivity index (χ1) is 11.1. The van der Waals surface area contributed by atoms with Crippen molar-refractivity contribution in [3.05, 3.63) is 35.6 Å². The highest BCUT2D eigenvalue weighted by Gasteiger charge is 2.45. The van der Waals surface area contributed by atoms with Crippen molar-refractivity contribution >= 4 is 5.91 Å². The van der Waals surface area contributed by atoms with Gasteiger partial charge < -0.3 is 5.32 Å². The Labute approximate surface area is 138 Å². The van der Waals surface area contributed by atoms with Gasteiger partial charge in [0.25, 0.3) is 0 Å². The van der Waals surface area contributed by atoms with E-state index in [2.05, 4.69) is 10.2 Å². The van der Waals surface area contributed by atoms with E-state index < -0.39 is 0 Å². The van der Waals surface area contributed by atoms with Crippen LogP contribution in [0.1, 0.15) is 63.5 Å². The van der Waals surface area contributed by atoms with Gasteiger partial charge in [0.15, 0.2) is 0 Å². The van der Waals surface area contributed by atoms with Crippen molar-refractivity contribution < 1.29 is 9.18 Å². The predicted molar refractivity (Wildman–Crippen MR) is 89.6 cm³/mol. The Kier molecular flexibility index (Phi) is 5.00. The third-order valence-corrected chi connectivity index (χ3v) is 5.53. The molecule has 1 heterocycles. The van der Waals surface area contributed by atoms with Crippen LogP contribution in [0.25, 0.3) is 0 Å². The summed E-state index contributed by atoms with van der Waals surface area (Å²) in [4.78, 5) is 15.5. The minimum absolute atomic E-state index is 0.0931. The number of hydrogen-bond acceptors (Lipinski definition) is 2. The molecule has 0 radical (unpaired) electrons. The second-order valence-corrected chi connectivity index (χ2v) is 7.03. The molecule has 1 saturated carbocycles. The number of rotatable bonds is 4. The molecule has 1 aromatic rings. The molecule has 3 nitrogen and oxygen atoms in total. The molecule has 126 valence electrons. The summed E-state index contributed by atoms with van der Waals surface area (Å²) >= 11 is 0. The summed E-state index contributed by atoms with van der Waals surface area (Å²) in [6, 6.07) is 6.32. The van der Waals surface area contributed by atoms with Gasteiger partial charge in [-0.25, -0.2) is 4.39 Å². The number of likely N-dealkylation sites (tertiary alicyclic amines) is 1. The average molecular weight is 318 g/mol. The van der Waals surface area contributed by atoms with Gasteiger partial charge in [-0.05, 0) is 63.4 Å². The fourth-order valence-corrected chi connectivity index (χ4v) is 4.13. The fraction of sp³-hybridized carbons (Fsp3) is 0.632. The van der Waals surface area contributed by atoms with E-state index >= 15 is 0 Å². The number of benzene rings is 1. The van der Waals surface area contributed by atoms with E-state index in [0.717, 1.165) is 44.3 Å². The minimum atomic E-state index is -0.316. The molecular weight excluding hydrogens is 291 g/mol. The molecule has 1 aromatic carbocycles. The van der Waals surface area contributed by atoms with Gasteiger partial charge >= 0.3 is 0 Å². The Hall–Kier alpha value is -1.42. The Morgan fingerprint density at radius 3 is 2.30 bits per heavy atom. The lowest BCUT2D eigenvalue weighted by molar-refractivity contribution is -0.136. The predicted octanol–water partition coefficient (Wildman–Crippen LogP) is 3.80. The lowest BCUT2D eigenvalue weighted by atomic mass is 9.79. The summed E-state index contributed by atoms with van der Waals surface area (Å²) < 4.78 is 13.1. The van der Waals surface area contributed by atoms with Gasteiger partial charge in [-0.2, -0.15) is 0 Å². The molecule has 1 atom stereocenters. The van der Waals surface area contributed by atoms with Crippen LogP contribution >= 0.6 is 0 Å². The Morgan fingerprint density at radius 2 is 1.70 bits per heavy atom. The van der Waals surface area contributed by atoms with E-state index in [1.165, 1.54) is 31.4 Å². The molecule has 1 N–H and O–H groups in total. The summed E-state index contributed by atoms with van der Waals surface area (Å²) in [5.41, 5.74) is 0.635. The van der Waals surface area contributed by atoms with Crippen molar-refractivity contribution in [3.8, 4) is 0 Å². The van der Waals surface area contributed by atoms with Crippen LogP contribution in [0.5, 0.6) is 0 Å². The maximum atomic E-state index is 13.1. The maximum absolute atomic E-state index is 13.1. The van der Waals surface area contributed by atoms with Gasteiger partial charge in [-0.1, -0.05) is 31.4 Å². The van der Waals surface area contributed by atoms with E-state index in [9.17, 15) is 9.18 Å². The van der Waals surface area contributed by atoms with Crippen LogP contribution in [-0.2, 0) is 4.79 Å². The number of nitrogens with zero attached hydrogens (tertiary/aromatic N) is 1. The number of nitrogens with one attached hydrogen (secondary N) is 1. The minimum Gasteiger partial charge on any atom is -0.348 e. The first kappa shape index (κ1) is 16.4. The summed E-state index contributed by atoms with van der Waals surface area (Å²) in [5, 5.41) is 3.20. The van der Waals surface area contributed by atoms with Gasteiger partial charge in [-0.15, -0.1) is 0 Å². The van der Waals surface area contributed by atoms with Gasteiger partial charge in [0.2, 0.25) is 5.91 Å². The first-order valence-corrected chi connectivity index (χ1v) is 8.93. The SMILES string of the molecule is CC(NC(=O)C1(N2CCCC2)CCCCC1)c1ccc(F)cc1. The van der Waals surface area contributed by atoms with Gasteiger partial charge in [-0.3, -0.25) is 9.69 Å². The molecule has 1 amide bonds. The van der Waals surface area contributed by atoms with Gasteiger partial charge in [0.1, 0.15) is 11.4 Å². The molecule has 1 unspecified atom stereocenters. The fourth-order valence-electron chi connectivity index (χ4n) is 4.13. The molecule has 0 aromatic heterocycles. The summed E-state index contributed by atoms with van der Waals surface area (Å²) in [5.74, 6) is -0.0796. The molecule has 1 aliphatic carbocycles. The molecule has 0 spiro atoms. The van der Waals surface area contributed by atoms with E-state index in [1.54, 1.807) is 12.1 Å². The normalized spacial score (nSPS) is 22.7. The lowest BCUT2D eigenvalue weighted by Crippen LogP contribution is -2.59. The van der Waals surface area contributed by atoms with Crippen LogP contribution in [-0.4, -0.2) is 29.4 Å². The van der Waals surface area contributed by atoms with Crippen LogP contribution in [0.2, 0.25) is 0 Å². The maximum Gasteiger partial charge on any atom is 0.240 e. The van der Waals surface area contributed by atoms with E-state index in [-0.39, 0.29) is 23.3 Å². The van der Waals surface area contributed by atoms with Gasteiger partial charge in [0.05, 0.1) is 6.04 Å².